The molecule has 4 heteroatoms. The van der Waals surface area contributed by atoms with Crippen molar-refractivity contribution >= 4 is 11.9 Å². The van der Waals surface area contributed by atoms with Gasteiger partial charge >= 0.3 is 11.9 Å². The SMILES string of the molecule is CCC(/C=C(\C)C(=O)O)OC(C)=O. The average Bonchev–Trinajstić information content (AvgIpc) is 2.02. The molecule has 0 amide bonds. The van der Waals surface area contributed by atoms with Crippen molar-refractivity contribution in [3.63, 3.8) is 0 Å². The van der Waals surface area contributed by atoms with Crippen molar-refractivity contribution in [1.82, 2.24) is 0 Å². The number of hydrogen-bond acceptors (Lipinski definition) is 3. The first-order valence-corrected chi connectivity index (χ1v) is 4.06. The fourth-order valence-electron chi connectivity index (χ4n) is 0.799. The van der Waals surface area contributed by atoms with Gasteiger partial charge in [-0.2, -0.15) is 0 Å². The van der Waals surface area contributed by atoms with Gasteiger partial charge in [0.05, 0.1) is 0 Å². The monoisotopic (exact) mass is 186 g/mol. The van der Waals surface area contributed by atoms with E-state index in [1.807, 2.05) is 6.92 Å². The quantitative estimate of drug-likeness (QED) is 0.531. The first kappa shape index (κ1) is 11.7. The lowest BCUT2D eigenvalue weighted by atomic mass is 10.2. The zero-order valence-electron chi connectivity index (χ0n) is 8.03. The second kappa shape index (κ2) is 5.35. The lowest BCUT2D eigenvalue weighted by Crippen LogP contribution is -2.14. The zero-order valence-corrected chi connectivity index (χ0v) is 8.03. The molecule has 0 fully saturated rings. The molecule has 0 aromatic heterocycles. The molecule has 0 spiro atoms. The molecule has 1 unspecified atom stereocenters. The Morgan fingerprint density at radius 1 is 1.46 bits per heavy atom. The number of ether oxygens (including phenoxy) is 1. The normalized spacial score (nSPS) is 13.6. The number of hydrogen-bond donors (Lipinski definition) is 1. The van der Waals surface area contributed by atoms with Gasteiger partial charge in [0, 0.05) is 12.5 Å². The molecule has 74 valence electrons. The maximum atomic E-state index is 10.6. The van der Waals surface area contributed by atoms with Crippen LogP contribution in [0.2, 0.25) is 0 Å². The summed E-state index contributed by atoms with van der Waals surface area (Å²) in [5, 5.41) is 8.55. The van der Waals surface area contributed by atoms with Crippen LogP contribution in [0.15, 0.2) is 11.6 Å². The number of carboxylic acid groups (broad SMARTS) is 1. The molecule has 13 heavy (non-hydrogen) atoms. The van der Waals surface area contributed by atoms with Crippen LogP contribution in [0.3, 0.4) is 0 Å². The van der Waals surface area contributed by atoms with Gasteiger partial charge in [0.25, 0.3) is 0 Å². The summed E-state index contributed by atoms with van der Waals surface area (Å²) in [5.41, 5.74) is 0.188. The molecule has 1 N–H and O–H groups in total. The fourth-order valence-corrected chi connectivity index (χ4v) is 0.799. The molecule has 0 aliphatic carbocycles. The van der Waals surface area contributed by atoms with Crippen molar-refractivity contribution in [3.8, 4) is 0 Å². The summed E-state index contributed by atoms with van der Waals surface area (Å²) >= 11 is 0. The molecule has 0 aliphatic heterocycles. The molecule has 0 bridgehead atoms. The third kappa shape index (κ3) is 5.00. The molecule has 1 atom stereocenters. The van der Waals surface area contributed by atoms with Gasteiger partial charge in [-0.3, -0.25) is 4.79 Å². The Balaban J connectivity index is 4.34. The average molecular weight is 186 g/mol. The Hall–Kier alpha value is -1.32. The number of esters is 1. The van der Waals surface area contributed by atoms with E-state index in [9.17, 15) is 9.59 Å². The van der Waals surface area contributed by atoms with Crippen LogP contribution in [-0.2, 0) is 14.3 Å². The number of carbonyl (C=O) groups is 2. The Labute approximate surface area is 77.2 Å². The number of aliphatic carboxylic acids is 1. The van der Waals surface area contributed by atoms with E-state index in [-0.39, 0.29) is 5.57 Å². The van der Waals surface area contributed by atoms with Gasteiger partial charge < -0.3 is 9.84 Å². The lowest BCUT2D eigenvalue weighted by molar-refractivity contribution is -0.144. The van der Waals surface area contributed by atoms with E-state index in [2.05, 4.69) is 0 Å². The summed E-state index contributed by atoms with van der Waals surface area (Å²) in [7, 11) is 0. The van der Waals surface area contributed by atoms with Gasteiger partial charge in [-0.15, -0.1) is 0 Å². The van der Waals surface area contributed by atoms with Crippen molar-refractivity contribution in [3.05, 3.63) is 11.6 Å². The van der Waals surface area contributed by atoms with Crippen LogP contribution in [0.1, 0.15) is 27.2 Å². The highest BCUT2D eigenvalue weighted by atomic mass is 16.5. The molecule has 0 heterocycles. The van der Waals surface area contributed by atoms with Crippen LogP contribution >= 0.6 is 0 Å². The standard InChI is InChI=1S/C9H14O4/c1-4-8(13-7(3)10)5-6(2)9(11)12/h5,8H,4H2,1-3H3,(H,11,12)/b6-5+. The fraction of sp³-hybridized carbons (Fsp3) is 0.556. The van der Waals surface area contributed by atoms with E-state index in [1.54, 1.807) is 0 Å². The topological polar surface area (TPSA) is 63.6 Å². The minimum Gasteiger partial charge on any atom is -0.478 e. The number of carboxylic acids is 1. The molecule has 0 aromatic rings. The van der Waals surface area contributed by atoms with Gasteiger partial charge in [0.1, 0.15) is 6.10 Å². The molecule has 0 saturated heterocycles. The van der Waals surface area contributed by atoms with Crippen LogP contribution in [0.25, 0.3) is 0 Å². The maximum Gasteiger partial charge on any atom is 0.331 e. The molecular weight excluding hydrogens is 172 g/mol. The van der Waals surface area contributed by atoms with E-state index in [4.69, 9.17) is 9.84 Å². The van der Waals surface area contributed by atoms with E-state index in [0.717, 1.165) is 0 Å². The van der Waals surface area contributed by atoms with Gasteiger partial charge in [0.2, 0.25) is 0 Å². The van der Waals surface area contributed by atoms with Crippen molar-refractivity contribution < 1.29 is 19.4 Å². The highest BCUT2D eigenvalue weighted by Gasteiger charge is 2.09. The predicted molar refractivity (Wildman–Crippen MR) is 47.2 cm³/mol. The minimum atomic E-state index is -0.995. The summed E-state index contributed by atoms with van der Waals surface area (Å²) in [4.78, 5) is 21.0. The second-order valence-electron chi connectivity index (χ2n) is 2.71. The van der Waals surface area contributed by atoms with Crippen LogP contribution in [-0.4, -0.2) is 23.1 Å². The molecule has 0 saturated carbocycles. The first-order chi connectivity index (χ1) is 5.97. The summed E-state index contributed by atoms with van der Waals surface area (Å²) in [6.45, 7) is 4.58. The van der Waals surface area contributed by atoms with E-state index in [1.165, 1.54) is 19.9 Å². The summed E-state index contributed by atoms with van der Waals surface area (Å²) < 4.78 is 4.84. The second-order valence-corrected chi connectivity index (χ2v) is 2.71. The predicted octanol–water partition coefficient (Wildman–Crippen LogP) is 1.36. The van der Waals surface area contributed by atoms with Gasteiger partial charge in [0.15, 0.2) is 0 Å². The van der Waals surface area contributed by atoms with Gasteiger partial charge in [-0.05, 0) is 19.4 Å². The molecule has 0 aliphatic rings. The molecule has 0 radical (unpaired) electrons. The highest BCUT2D eigenvalue weighted by Crippen LogP contribution is 2.04. The Kier molecular flexibility index (Phi) is 4.80. The lowest BCUT2D eigenvalue weighted by Gasteiger charge is -2.10. The van der Waals surface area contributed by atoms with Crippen molar-refractivity contribution in [2.75, 3.05) is 0 Å². The Bertz CT molecular complexity index is 230. The maximum absolute atomic E-state index is 10.6. The van der Waals surface area contributed by atoms with Crippen LogP contribution in [0, 0.1) is 0 Å². The van der Waals surface area contributed by atoms with Crippen LogP contribution in [0.4, 0.5) is 0 Å². The van der Waals surface area contributed by atoms with Crippen molar-refractivity contribution in [1.29, 1.82) is 0 Å². The third-order valence-electron chi connectivity index (χ3n) is 1.49. The summed E-state index contributed by atoms with van der Waals surface area (Å²) in [6, 6.07) is 0. The Morgan fingerprint density at radius 3 is 2.31 bits per heavy atom. The zero-order chi connectivity index (χ0) is 10.4. The number of rotatable bonds is 4. The third-order valence-corrected chi connectivity index (χ3v) is 1.49. The van der Waals surface area contributed by atoms with E-state index >= 15 is 0 Å². The molecule has 4 nitrogen and oxygen atoms in total. The molecular formula is C9H14O4. The smallest absolute Gasteiger partial charge is 0.331 e. The Morgan fingerprint density at radius 2 is 2.00 bits per heavy atom. The van der Waals surface area contributed by atoms with Crippen LogP contribution < -0.4 is 0 Å². The van der Waals surface area contributed by atoms with Crippen molar-refractivity contribution in [2.45, 2.75) is 33.3 Å². The molecule has 0 rings (SSSR count). The van der Waals surface area contributed by atoms with Gasteiger partial charge in [-0.1, -0.05) is 6.92 Å². The van der Waals surface area contributed by atoms with E-state index < -0.39 is 18.0 Å². The summed E-state index contributed by atoms with van der Waals surface area (Å²) in [6.07, 6.45) is 1.57. The highest BCUT2D eigenvalue weighted by molar-refractivity contribution is 5.85. The first-order valence-electron chi connectivity index (χ1n) is 4.06. The van der Waals surface area contributed by atoms with Crippen LogP contribution in [0.5, 0.6) is 0 Å². The number of carbonyl (C=O) groups excluding carboxylic acids is 1. The largest absolute Gasteiger partial charge is 0.478 e. The van der Waals surface area contributed by atoms with E-state index in [0.29, 0.717) is 6.42 Å². The minimum absolute atomic E-state index is 0.188. The summed E-state index contributed by atoms with van der Waals surface area (Å²) in [5.74, 6) is -1.40. The van der Waals surface area contributed by atoms with Gasteiger partial charge in [-0.25, -0.2) is 4.79 Å². The van der Waals surface area contributed by atoms with Crippen molar-refractivity contribution in [2.24, 2.45) is 0 Å². The molecule has 0 aromatic carbocycles.